The molecule has 2 rings (SSSR count). The van der Waals surface area contributed by atoms with Gasteiger partial charge < -0.3 is 4.42 Å². The minimum absolute atomic E-state index is 0.293. The van der Waals surface area contributed by atoms with Crippen LogP contribution in [0.15, 0.2) is 22.8 Å². The zero-order valence-corrected chi connectivity index (χ0v) is 9.35. The smallest absolute Gasteiger partial charge is 0.110 e. The first-order valence-electron chi connectivity index (χ1n) is 4.97. The van der Waals surface area contributed by atoms with Gasteiger partial charge in [0.1, 0.15) is 5.76 Å². The molecule has 0 unspecified atom stereocenters. The Morgan fingerprint density at radius 1 is 1.31 bits per heavy atom. The van der Waals surface area contributed by atoms with Crippen molar-refractivity contribution in [2.75, 3.05) is 5.33 Å². The van der Waals surface area contributed by atoms with E-state index in [1.807, 2.05) is 6.07 Å². The summed E-state index contributed by atoms with van der Waals surface area (Å²) in [6, 6.07) is 4.11. The Kier molecular flexibility index (Phi) is 2.77. The maximum absolute atomic E-state index is 5.54. The number of halogens is 1. The molecule has 72 valence electrons. The fourth-order valence-electron chi connectivity index (χ4n) is 2.25. The van der Waals surface area contributed by atoms with Crippen LogP contribution in [-0.2, 0) is 5.41 Å². The SMILES string of the molecule is BrCC1(c2ccco2)CCCCC1. The highest BCUT2D eigenvalue weighted by atomic mass is 79.9. The lowest BCUT2D eigenvalue weighted by Crippen LogP contribution is -2.30. The van der Waals surface area contributed by atoms with E-state index < -0.39 is 0 Å². The molecular weight excluding hydrogens is 228 g/mol. The monoisotopic (exact) mass is 242 g/mol. The van der Waals surface area contributed by atoms with Crippen molar-refractivity contribution < 1.29 is 4.42 Å². The van der Waals surface area contributed by atoms with E-state index in [0.29, 0.717) is 5.41 Å². The predicted molar refractivity (Wildman–Crippen MR) is 57.3 cm³/mol. The van der Waals surface area contributed by atoms with E-state index in [2.05, 4.69) is 22.0 Å². The molecule has 0 spiro atoms. The fourth-order valence-corrected chi connectivity index (χ4v) is 3.09. The summed E-state index contributed by atoms with van der Waals surface area (Å²) in [5, 5.41) is 1.04. The van der Waals surface area contributed by atoms with Crippen LogP contribution in [0.3, 0.4) is 0 Å². The van der Waals surface area contributed by atoms with Crippen molar-refractivity contribution >= 4 is 15.9 Å². The highest BCUT2D eigenvalue weighted by Gasteiger charge is 2.35. The highest BCUT2D eigenvalue weighted by Crippen LogP contribution is 2.40. The fraction of sp³-hybridized carbons (Fsp3) is 0.636. The molecule has 1 heterocycles. The van der Waals surface area contributed by atoms with E-state index in [1.54, 1.807) is 6.26 Å². The molecule has 1 saturated carbocycles. The Morgan fingerprint density at radius 3 is 2.62 bits per heavy atom. The third-order valence-corrected chi connectivity index (χ3v) is 4.18. The van der Waals surface area contributed by atoms with E-state index in [4.69, 9.17) is 4.42 Å². The molecule has 0 atom stereocenters. The second kappa shape index (κ2) is 3.87. The van der Waals surface area contributed by atoms with Gasteiger partial charge in [0.05, 0.1) is 6.26 Å². The quantitative estimate of drug-likeness (QED) is 0.718. The summed E-state index contributed by atoms with van der Waals surface area (Å²) in [7, 11) is 0. The minimum atomic E-state index is 0.293. The van der Waals surface area contributed by atoms with Crippen LogP contribution in [0.25, 0.3) is 0 Å². The van der Waals surface area contributed by atoms with Crippen LogP contribution in [0, 0.1) is 0 Å². The van der Waals surface area contributed by atoms with Crippen molar-refractivity contribution in [1.82, 2.24) is 0 Å². The summed E-state index contributed by atoms with van der Waals surface area (Å²) < 4.78 is 5.54. The summed E-state index contributed by atoms with van der Waals surface area (Å²) in [6.45, 7) is 0. The van der Waals surface area contributed by atoms with E-state index in [0.717, 1.165) is 5.33 Å². The van der Waals surface area contributed by atoms with Crippen LogP contribution < -0.4 is 0 Å². The Bertz CT molecular complexity index is 247. The van der Waals surface area contributed by atoms with Crippen LogP contribution in [0.5, 0.6) is 0 Å². The molecule has 0 saturated heterocycles. The van der Waals surface area contributed by atoms with Crippen LogP contribution in [0.2, 0.25) is 0 Å². The summed E-state index contributed by atoms with van der Waals surface area (Å²) in [6.07, 6.45) is 8.39. The zero-order chi connectivity index (χ0) is 9.15. The Morgan fingerprint density at radius 2 is 2.08 bits per heavy atom. The third kappa shape index (κ3) is 1.69. The summed E-state index contributed by atoms with van der Waals surface area (Å²) in [5.74, 6) is 1.17. The number of hydrogen-bond donors (Lipinski definition) is 0. The standard InChI is InChI=1S/C11H15BrO/c12-9-11(6-2-1-3-7-11)10-5-4-8-13-10/h4-5,8H,1-3,6-7,9H2. The molecule has 0 bridgehead atoms. The van der Waals surface area contributed by atoms with Gasteiger partial charge in [-0.3, -0.25) is 0 Å². The van der Waals surface area contributed by atoms with Gasteiger partial charge >= 0.3 is 0 Å². The van der Waals surface area contributed by atoms with Gasteiger partial charge in [-0.1, -0.05) is 35.2 Å². The molecule has 0 aliphatic heterocycles. The van der Waals surface area contributed by atoms with Gasteiger partial charge in [-0.25, -0.2) is 0 Å². The largest absolute Gasteiger partial charge is 0.469 e. The van der Waals surface area contributed by atoms with Gasteiger partial charge in [0.2, 0.25) is 0 Å². The van der Waals surface area contributed by atoms with Gasteiger partial charge in [0.25, 0.3) is 0 Å². The van der Waals surface area contributed by atoms with Crippen molar-refractivity contribution in [3.63, 3.8) is 0 Å². The second-order valence-corrected chi connectivity index (χ2v) is 4.51. The summed E-state index contributed by atoms with van der Waals surface area (Å²) >= 11 is 3.63. The third-order valence-electron chi connectivity index (χ3n) is 3.11. The van der Waals surface area contributed by atoms with Crippen LogP contribution in [0.4, 0.5) is 0 Å². The van der Waals surface area contributed by atoms with Crippen molar-refractivity contribution in [2.24, 2.45) is 0 Å². The molecule has 1 fully saturated rings. The molecule has 0 amide bonds. The highest BCUT2D eigenvalue weighted by molar-refractivity contribution is 9.09. The Hall–Kier alpha value is -0.240. The Balaban J connectivity index is 2.23. The normalized spacial score (nSPS) is 21.6. The number of alkyl halides is 1. The Labute approximate surface area is 87.6 Å². The lowest BCUT2D eigenvalue weighted by molar-refractivity contribution is 0.274. The molecular formula is C11H15BrO. The second-order valence-electron chi connectivity index (χ2n) is 3.95. The maximum atomic E-state index is 5.54. The van der Waals surface area contributed by atoms with Gasteiger partial charge in [0, 0.05) is 10.7 Å². The van der Waals surface area contributed by atoms with Crippen LogP contribution in [-0.4, -0.2) is 5.33 Å². The number of rotatable bonds is 2. The average molecular weight is 243 g/mol. The number of furan rings is 1. The molecule has 1 aliphatic carbocycles. The van der Waals surface area contributed by atoms with Crippen LogP contribution >= 0.6 is 15.9 Å². The van der Waals surface area contributed by atoms with Crippen LogP contribution in [0.1, 0.15) is 37.9 Å². The first kappa shape index (κ1) is 9.32. The molecule has 1 aliphatic rings. The summed E-state index contributed by atoms with van der Waals surface area (Å²) in [4.78, 5) is 0. The molecule has 0 aromatic carbocycles. The lowest BCUT2D eigenvalue weighted by atomic mass is 9.74. The summed E-state index contributed by atoms with van der Waals surface area (Å²) in [5.41, 5.74) is 0.293. The van der Waals surface area contributed by atoms with Gasteiger partial charge in [-0.2, -0.15) is 0 Å². The molecule has 1 nitrogen and oxygen atoms in total. The molecule has 13 heavy (non-hydrogen) atoms. The first-order chi connectivity index (χ1) is 6.37. The topological polar surface area (TPSA) is 13.1 Å². The zero-order valence-electron chi connectivity index (χ0n) is 7.76. The van der Waals surface area contributed by atoms with E-state index in [-0.39, 0.29) is 0 Å². The number of hydrogen-bond acceptors (Lipinski definition) is 1. The lowest BCUT2D eigenvalue weighted by Gasteiger charge is -2.33. The van der Waals surface area contributed by atoms with Crippen molar-refractivity contribution in [3.05, 3.63) is 24.2 Å². The minimum Gasteiger partial charge on any atom is -0.469 e. The van der Waals surface area contributed by atoms with E-state index in [9.17, 15) is 0 Å². The molecule has 0 radical (unpaired) electrons. The van der Waals surface area contributed by atoms with Crippen molar-refractivity contribution in [3.8, 4) is 0 Å². The van der Waals surface area contributed by atoms with E-state index in [1.165, 1.54) is 37.9 Å². The average Bonchev–Trinajstić information content (AvgIpc) is 2.72. The van der Waals surface area contributed by atoms with E-state index >= 15 is 0 Å². The maximum Gasteiger partial charge on any atom is 0.110 e. The molecule has 2 heteroatoms. The molecule has 1 aromatic rings. The van der Waals surface area contributed by atoms with Gasteiger partial charge in [-0.05, 0) is 25.0 Å². The van der Waals surface area contributed by atoms with Gasteiger partial charge in [0.15, 0.2) is 0 Å². The molecule has 1 aromatic heterocycles. The first-order valence-corrected chi connectivity index (χ1v) is 6.09. The van der Waals surface area contributed by atoms with Crippen molar-refractivity contribution in [1.29, 1.82) is 0 Å². The van der Waals surface area contributed by atoms with Crippen molar-refractivity contribution in [2.45, 2.75) is 37.5 Å². The van der Waals surface area contributed by atoms with Gasteiger partial charge in [-0.15, -0.1) is 0 Å². The molecule has 0 N–H and O–H groups in total. The predicted octanol–water partition coefficient (Wildman–Crippen LogP) is 3.88.